The van der Waals surface area contributed by atoms with Crippen LogP contribution in [0, 0.1) is 0 Å². The normalized spacial score (nSPS) is 22.7. The predicted molar refractivity (Wildman–Crippen MR) is 125 cm³/mol. The van der Waals surface area contributed by atoms with Crippen LogP contribution in [0.2, 0.25) is 0 Å². The van der Waals surface area contributed by atoms with Gasteiger partial charge >= 0.3 is 5.57 Å². The average molecular weight is 551 g/mol. The summed E-state index contributed by atoms with van der Waals surface area (Å²) in [5, 5.41) is 2.82. The Labute approximate surface area is 215 Å². The van der Waals surface area contributed by atoms with Gasteiger partial charge in [0, 0.05) is 41.3 Å². The van der Waals surface area contributed by atoms with Crippen molar-refractivity contribution in [2.24, 2.45) is 0 Å². The molecule has 0 unspecified atom stereocenters. The van der Waals surface area contributed by atoms with E-state index in [0.717, 1.165) is 17.0 Å². The van der Waals surface area contributed by atoms with Crippen LogP contribution >= 0.6 is 23.2 Å². The summed E-state index contributed by atoms with van der Waals surface area (Å²) in [6.07, 6.45) is 4.93. The highest BCUT2D eigenvalue weighted by Crippen LogP contribution is 2.37. The molecule has 1 aromatic heterocycles. The number of carbonyl (C=O) groups is 2. The molecule has 7 nitrogen and oxygen atoms in total. The summed E-state index contributed by atoms with van der Waals surface area (Å²) < 4.78 is 58.8. The molecule has 1 aliphatic rings. The first-order valence-electron chi connectivity index (χ1n) is 11.0. The lowest BCUT2D eigenvalue weighted by Crippen LogP contribution is -2.60. The van der Waals surface area contributed by atoms with Gasteiger partial charge in [-0.15, -0.1) is 8.78 Å². The molecule has 13 heteroatoms. The van der Waals surface area contributed by atoms with Gasteiger partial charge in [-0.2, -0.15) is 0 Å². The monoisotopic (exact) mass is 550 g/mol. The number of alkyl halides is 6. The summed E-state index contributed by atoms with van der Waals surface area (Å²) in [5.41, 5.74) is -9.76. The first-order valence-corrected chi connectivity index (χ1v) is 11.8. The van der Waals surface area contributed by atoms with Crippen LogP contribution in [-0.2, 0) is 15.1 Å². The quantitative estimate of drug-likeness (QED) is 0.360. The molecule has 2 atom stereocenters. The third-order valence-electron chi connectivity index (χ3n) is 6.11. The highest BCUT2D eigenvalue weighted by molar-refractivity contribution is 6.32. The third kappa shape index (κ3) is 6.56. The Morgan fingerprint density at radius 1 is 1.19 bits per heavy atom. The van der Waals surface area contributed by atoms with E-state index >= 15 is 0 Å². The molecule has 1 aliphatic carbocycles. The Morgan fingerprint density at radius 3 is 2.25 bits per heavy atom. The zero-order chi connectivity index (χ0) is 26.7. The van der Waals surface area contributed by atoms with Crippen molar-refractivity contribution in [2.45, 2.75) is 68.0 Å². The van der Waals surface area contributed by atoms with Crippen LogP contribution in [0.15, 0.2) is 43.0 Å². The number of hydrogen-bond acceptors (Lipinski definition) is 5. The standard InChI is InChI=1S/C23H24Cl2F4N4O3/c1-21(27)9-7-15(8-10-21)32-20(35)22(2,14-11-30-13-31-12-14)33(19(34)18(24)26)16-3-5-17(6-4-16)36-23(25,28)29/h3-6,11-13,15,18H,7-10H2,1-2H3,(H,32,35)/t15?,18-,21?,22-/m0/s1. The predicted octanol–water partition coefficient (Wildman–Crippen LogP) is 5.21. The number of ether oxygens (including phenoxy) is 1. The zero-order valence-electron chi connectivity index (χ0n) is 19.4. The third-order valence-corrected chi connectivity index (χ3v) is 6.37. The molecule has 0 saturated heterocycles. The highest BCUT2D eigenvalue weighted by atomic mass is 35.5. The number of rotatable bonds is 8. The van der Waals surface area contributed by atoms with Crippen LogP contribution in [-0.4, -0.2) is 44.7 Å². The van der Waals surface area contributed by atoms with Gasteiger partial charge in [0.1, 0.15) is 17.7 Å². The molecule has 2 aromatic rings. The van der Waals surface area contributed by atoms with Crippen molar-refractivity contribution >= 4 is 40.7 Å². The molecule has 1 heterocycles. The Balaban J connectivity index is 2.04. The van der Waals surface area contributed by atoms with Gasteiger partial charge in [0.15, 0.2) is 5.54 Å². The molecule has 0 radical (unpaired) electrons. The van der Waals surface area contributed by atoms with Crippen molar-refractivity contribution in [2.75, 3.05) is 4.90 Å². The molecule has 36 heavy (non-hydrogen) atoms. The molecule has 2 amide bonds. The second-order valence-electron chi connectivity index (χ2n) is 8.88. The molecule has 196 valence electrons. The maximum absolute atomic E-state index is 14.3. The van der Waals surface area contributed by atoms with E-state index in [9.17, 15) is 27.2 Å². The van der Waals surface area contributed by atoms with Gasteiger partial charge < -0.3 is 10.1 Å². The van der Waals surface area contributed by atoms with E-state index in [-0.39, 0.29) is 29.8 Å². The van der Waals surface area contributed by atoms with Gasteiger partial charge in [0.05, 0.1) is 0 Å². The van der Waals surface area contributed by atoms with Crippen molar-refractivity contribution in [3.63, 3.8) is 0 Å². The summed E-state index contributed by atoms with van der Waals surface area (Å²) in [4.78, 5) is 35.4. The summed E-state index contributed by atoms with van der Waals surface area (Å²) in [6, 6.07) is 4.06. The minimum Gasteiger partial charge on any atom is -0.420 e. The van der Waals surface area contributed by atoms with Gasteiger partial charge in [0.25, 0.3) is 17.4 Å². The summed E-state index contributed by atoms with van der Waals surface area (Å²) in [6.45, 7) is 2.84. The Kier molecular flexibility index (Phi) is 8.34. The lowest BCUT2D eigenvalue weighted by molar-refractivity contribution is -0.132. The number of halogens is 6. The molecule has 0 spiro atoms. The fraction of sp³-hybridized carbons (Fsp3) is 0.478. The van der Waals surface area contributed by atoms with Gasteiger partial charge in [-0.05, 0) is 63.8 Å². The first-order chi connectivity index (χ1) is 16.7. The largest absolute Gasteiger partial charge is 0.487 e. The van der Waals surface area contributed by atoms with Gasteiger partial charge in [-0.1, -0.05) is 11.6 Å². The maximum atomic E-state index is 14.3. The second kappa shape index (κ2) is 10.8. The summed E-state index contributed by atoms with van der Waals surface area (Å²) in [7, 11) is 0. The minimum atomic E-state index is -3.98. The first kappa shape index (κ1) is 27.9. The fourth-order valence-corrected chi connectivity index (χ4v) is 4.29. The van der Waals surface area contributed by atoms with E-state index in [1.807, 2.05) is 0 Å². The molecule has 1 N–H and O–H groups in total. The molecular weight excluding hydrogens is 527 g/mol. The Bertz CT molecular complexity index is 1060. The SMILES string of the molecule is CC1(F)CCC(NC(=O)[C@](C)(c2cncnc2)N(C(=O)[C@H](F)Cl)c2ccc(OC(F)(F)Cl)cc2)CC1. The average Bonchev–Trinajstić information content (AvgIpc) is 2.81. The van der Waals surface area contributed by atoms with Crippen molar-refractivity contribution in [1.82, 2.24) is 15.3 Å². The smallest absolute Gasteiger partial charge is 0.420 e. The van der Waals surface area contributed by atoms with Crippen LogP contribution < -0.4 is 15.0 Å². The highest BCUT2D eigenvalue weighted by Gasteiger charge is 2.48. The van der Waals surface area contributed by atoms with Gasteiger partial charge in [-0.3, -0.25) is 14.5 Å². The maximum Gasteiger partial charge on any atom is 0.487 e. The lowest BCUT2D eigenvalue weighted by atomic mass is 9.83. The zero-order valence-corrected chi connectivity index (χ0v) is 20.9. The van der Waals surface area contributed by atoms with Crippen LogP contribution in [0.4, 0.5) is 23.2 Å². The van der Waals surface area contributed by atoms with E-state index in [2.05, 4.69) is 20.0 Å². The van der Waals surface area contributed by atoms with Crippen LogP contribution in [0.3, 0.4) is 0 Å². The lowest BCUT2D eigenvalue weighted by Gasteiger charge is -2.41. The number of aromatic nitrogens is 2. The van der Waals surface area contributed by atoms with E-state index in [0.29, 0.717) is 12.8 Å². The molecule has 1 saturated carbocycles. The van der Waals surface area contributed by atoms with Crippen molar-refractivity contribution in [3.8, 4) is 5.75 Å². The van der Waals surface area contributed by atoms with Crippen molar-refractivity contribution < 1.29 is 31.9 Å². The van der Waals surface area contributed by atoms with E-state index < -0.39 is 40.3 Å². The number of carbonyl (C=O) groups excluding carboxylic acids is 2. The van der Waals surface area contributed by atoms with Crippen molar-refractivity contribution in [1.29, 1.82) is 0 Å². The van der Waals surface area contributed by atoms with Crippen LogP contribution in [0.1, 0.15) is 45.1 Å². The number of nitrogens with one attached hydrogen (secondary N) is 1. The molecular formula is C23H24Cl2F4N4O3. The second-order valence-corrected chi connectivity index (χ2v) is 9.70. The van der Waals surface area contributed by atoms with Crippen LogP contribution in [0.25, 0.3) is 0 Å². The molecule has 0 aliphatic heterocycles. The fourth-order valence-electron chi connectivity index (χ4n) is 4.10. The molecule has 3 rings (SSSR count). The number of benzene rings is 1. The number of anilines is 1. The Morgan fingerprint density at radius 2 is 1.75 bits per heavy atom. The Hall–Kier alpha value is -2.66. The summed E-state index contributed by atoms with van der Waals surface area (Å²) >= 11 is 10.3. The van der Waals surface area contributed by atoms with Crippen LogP contribution in [0.5, 0.6) is 5.75 Å². The van der Waals surface area contributed by atoms with Gasteiger partial charge in [-0.25, -0.2) is 18.7 Å². The topological polar surface area (TPSA) is 84.4 Å². The minimum absolute atomic E-state index is 0.0602. The van der Waals surface area contributed by atoms with Crippen molar-refractivity contribution in [3.05, 3.63) is 48.5 Å². The number of hydrogen-bond donors (Lipinski definition) is 1. The van der Waals surface area contributed by atoms with E-state index in [4.69, 9.17) is 23.2 Å². The molecule has 1 fully saturated rings. The number of amides is 2. The molecule has 1 aromatic carbocycles. The van der Waals surface area contributed by atoms with E-state index in [1.54, 1.807) is 0 Å². The van der Waals surface area contributed by atoms with Gasteiger partial charge in [0.2, 0.25) is 0 Å². The number of nitrogens with zero attached hydrogens (tertiary/aromatic N) is 3. The summed E-state index contributed by atoms with van der Waals surface area (Å²) in [5.74, 6) is -2.36. The molecule has 0 bridgehead atoms. The van der Waals surface area contributed by atoms with E-state index in [1.165, 1.54) is 44.7 Å².